The van der Waals surface area contributed by atoms with Gasteiger partial charge in [-0.25, -0.2) is 14.8 Å². The summed E-state index contributed by atoms with van der Waals surface area (Å²) in [6, 6.07) is 22.9. The second-order valence-corrected chi connectivity index (χ2v) is 8.12. The summed E-state index contributed by atoms with van der Waals surface area (Å²) in [6.07, 6.45) is -0.940. The van der Waals surface area contributed by atoms with E-state index < -0.39 is 24.0 Å². The topological polar surface area (TPSA) is 76.2 Å². The average molecular weight is 442 g/mol. The third-order valence-electron chi connectivity index (χ3n) is 6.09. The number of nitrogens with zero attached hydrogens (tertiary/aromatic N) is 2. The van der Waals surface area contributed by atoms with Crippen molar-refractivity contribution in [1.29, 1.82) is 0 Å². The molecule has 166 valence electrons. The zero-order chi connectivity index (χ0) is 23.1. The number of rotatable bonds is 4. The van der Waals surface area contributed by atoms with Gasteiger partial charge in [0.25, 0.3) is 5.91 Å². The average Bonchev–Trinajstić information content (AvgIpc) is 3.36. The molecule has 0 radical (unpaired) electrons. The lowest BCUT2D eigenvalue weighted by Crippen LogP contribution is -2.37. The van der Waals surface area contributed by atoms with Crippen LogP contribution in [0.2, 0.25) is 0 Å². The number of imide groups is 1. The van der Waals surface area contributed by atoms with Gasteiger partial charge < -0.3 is 4.74 Å². The highest BCUT2D eigenvalue weighted by molar-refractivity contribution is 6.23. The van der Waals surface area contributed by atoms with Gasteiger partial charge in [0.05, 0.1) is 30.1 Å². The van der Waals surface area contributed by atoms with Gasteiger partial charge in [0.2, 0.25) is 5.91 Å². The summed E-state index contributed by atoms with van der Waals surface area (Å²) in [5, 5.41) is 1.63. The number of hydrogen-bond donors (Lipinski definition) is 0. The highest BCUT2D eigenvalue weighted by atomic mass is 16.7. The normalized spacial score (nSPS) is 21.9. The number of hydrogen-bond acceptors (Lipinski definition) is 6. The SMILES string of the molecule is COC(=O)c1ccc([C@@H]2[C@H]3C(=O)N(c4ccc(C)cc4)C(=O)[C@H]3ON2c2ccccc2)cc1. The van der Waals surface area contributed by atoms with Crippen LogP contribution in [0.3, 0.4) is 0 Å². The monoisotopic (exact) mass is 442 g/mol. The lowest BCUT2D eigenvalue weighted by Gasteiger charge is -2.28. The van der Waals surface area contributed by atoms with Crippen molar-refractivity contribution in [3.8, 4) is 0 Å². The van der Waals surface area contributed by atoms with Crippen LogP contribution in [-0.2, 0) is 19.2 Å². The van der Waals surface area contributed by atoms with Gasteiger partial charge >= 0.3 is 5.97 Å². The number of para-hydroxylation sites is 1. The summed E-state index contributed by atoms with van der Waals surface area (Å²) >= 11 is 0. The Hall–Kier alpha value is -3.97. The van der Waals surface area contributed by atoms with Gasteiger partial charge in [0.1, 0.15) is 5.92 Å². The molecule has 33 heavy (non-hydrogen) atoms. The van der Waals surface area contributed by atoms with Gasteiger partial charge in [-0.15, -0.1) is 0 Å². The summed E-state index contributed by atoms with van der Waals surface area (Å²) in [5.74, 6) is -1.87. The first-order valence-electron chi connectivity index (χ1n) is 10.6. The predicted octanol–water partition coefficient (Wildman–Crippen LogP) is 3.83. The molecule has 2 aliphatic rings. The first-order valence-corrected chi connectivity index (χ1v) is 10.6. The molecule has 0 aromatic heterocycles. The second kappa shape index (κ2) is 8.18. The fraction of sp³-hybridized carbons (Fsp3) is 0.192. The fourth-order valence-corrected chi connectivity index (χ4v) is 4.43. The minimum absolute atomic E-state index is 0.311. The molecule has 3 atom stereocenters. The third-order valence-corrected chi connectivity index (χ3v) is 6.09. The van der Waals surface area contributed by atoms with Crippen molar-refractivity contribution in [3.05, 3.63) is 95.6 Å². The number of hydroxylamine groups is 1. The van der Waals surface area contributed by atoms with Gasteiger partial charge in [0.15, 0.2) is 6.10 Å². The van der Waals surface area contributed by atoms with Crippen LogP contribution in [-0.4, -0.2) is 31.0 Å². The van der Waals surface area contributed by atoms with E-state index in [0.717, 1.165) is 16.8 Å². The molecule has 2 heterocycles. The number of aryl methyl sites for hydroxylation is 1. The van der Waals surface area contributed by atoms with E-state index in [2.05, 4.69) is 0 Å². The van der Waals surface area contributed by atoms with E-state index in [1.54, 1.807) is 41.5 Å². The Morgan fingerprint density at radius 2 is 1.52 bits per heavy atom. The zero-order valence-electron chi connectivity index (χ0n) is 18.2. The predicted molar refractivity (Wildman–Crippen MR) is 121 cm³/mol. The van der Waals surface area contributed by atoms with E-state index >= 15 is 0 Å². The molecule has 0 bridgehead atoms. The summed E-state index contributed by atoms with van der Waals surface area (Å²) in [7, 11) is 1.32. The number of amides is 2. The first kappa shape index (κ1) is 20.9. The van der Waals surface area contributed by atoms with Crippen LogP contribution in [0.25, 0.3) is 0 Å². The molecule has 2 fully saturated rings. The highest BCUT2D eigenvalue weighted by Crippen LogP contribution is 2.47. The first-order chi connectivity index (χ1) is 16.0. The fourth-order valence-electron chi connectivity index (χ4n) is 4.43. The standard InChI is InChI=1S/C26H22N2O5/c1-16-8-14-19(15-9-16)27-24(29)21-22(17-10-12-18(13-11-17)26(31)32-2)28(33-23(21)25(27)30)20-6-4-3-5-7-20/h3-15,21-23H,1-2H3/t21-,22-,23+/m1/s1. The summed E-state index contributed by atoms with van der Waals surface area (Å²) in [6.45, 7) is 1.95. The molecule has 7 heteroatoms. The van der Waals surface area contributed by atoms with Crippen molar-refractivity contribution in [2.45, 2.75) is 19.1 Å². The van der Waals surface area contributed by atoms with E-state index in [-0.39, 0.29) is 11.8 Å². The molecule has 2 aliphatic heterocycles. The summed E-state index contributed by atoms with van der Waals surface area (Å²) < 4.78 is 4.78. The quantitative estimate of drug-likeness (QED) is 0.452. The van der Waals surface area contributed by atoms with Crippen molar-refractivity contribution in [2.75, 3.05) is 17.1 Å². The van der Waals surface area contributed by atoms with Crippen LogP contribution < -0.4 is 9.96 Å². The number of carbonyl (C=O) groups excluding carboxylic acids is 3. The minimum Gasteiger partial charge on any atom is -0.465 e. The molecule has 3 aromatic rings. The van der Waals surface area contributed by atoms with Crippen LogP contribution in [0, 0.1) is 12.8 Å². The third kappa shape index (κ3) is 3.47. The molecule has 0 aliphatic carbocycles. The van der Waals surface area contributed by atoms with Crippen molar-refractivity contribution in [1.82, 2.24) is 0 Å². The van der Waals surface area contributed by atoms with Crippen LogP contribution in [0.4, 0.5) is 11.4 Å². The maximum atomic E-state index is 13.6. The molecule has 0 saturated carbocycles. The van der Waals surface area contributed by atoms with Crippen LogP contribution in [0.5, 0.6) is 0 Å². The molecule has 0 unspecified atom stereocenters. The molecule has 5 rings (SSSR count). The van der Waals surface area contributed by atoms with Crippen LogP contribution >= 0.6 is 0 Å². The van der Waals surface area contributed by atoms with Gasteiger partial charge in [-0.1, -0.05) is 48.0 Å². The van der Waals surface area contributed by atoms with Crippen molar-refractivity contribution in [3.63, 3.8) is 0 Å². The number of anilines is 2. The number of methoxy groups -OCH3 is 1. The van der Waals surface area contributed by atoms with Gasteiger partial charge in [-0.3, -0.25) is 14.4 Å². The van der Waals surface area contributed by atoms with Gasteiger partial charge in [-0.2, -0.15) is 0 Å². The second-order valence-electron chi connectivity index (χ2n) is 8.12. The van der Waals surface area contributed by atoms with Crippen molar-refractivity contribution < 1.29 is 24.0 Å². The zero-order valence-corrected chi connectivity index (χ0v) is 18.2. The molecule has 0 spiro atoms. The molecule has 2 amide bonds. The van der Waals surface area contributed by atoms with E-state index in [9.17, 15) is 14.4 Å². The molecule has 3 aromatic carbocycles. The Labute approximate surface area is 191 Å². The number of esters is 1. The Kier molecular flexibility index (Phi) is 5.18. The maximum Gasteiger partial charge on any atom is 0.337 e. The number of carbonyl (C=O) groups is 3. The Morgan fingerprint density at radius 3 is 2.15 bits per heavy atom. The lowest BCUT2D eigenvalue weighted by atomic mass is 9.90. The van der Waals surface area contributed by atoms with Gasteiger partial charge in [-0.05, 0) is 48.9 Å². The van der Waals surface area contributed by atoms with Crippen molar-refractivity contribution >= 4 is 29.2 Å². The number of fused-ring (bicyclic) bond motifs is 1. The molecule has 7 nitrogen and oxygen atoms in total. The van der Waals surface area contributed by atoms with Crippen LogP contribution in [0.15, 0.2) is 78.9 Å². The Balaban J connectivity index is 1.56. The van der Waals surface area contributed by atoms with E-state index in [0.29, 0.717) is 11.3 Å². The largest absolute Gasteiger partial charge is 0.465 e. The summed E-state index contributed by atoms with van der Waals surface area (Å²) in [4.78, 5) is 46.1. The Morgan fingerprint density at radius 1 is 0.848 bits per heavy atom. The van der Waals surface area contributed by atoms with Gasteiger partial charge in [0, 0.05) is 0 Å². The van der Waals surface area contributed by atoms with E-state index in [4.69, 9.17) is 9.57 Å². The van der Waals surface area contributed by atoms with E-state index in [1.165, 1.54) is 12.0 Å². The number of benzene rings is 3. The smallest absolute Gasteiger partial charge is 0.337 e. The molecule has 2 saturated heterocycles. The lowest BCUT2D eigenvalue weighted by molar-refractivity contribution is -0.126. The summed E-state index contributed by atoms with van der Waals surface area (Å²) in [5.41, 5.74) is 3.45. The highest BCUT2D eigenvalue weighted by Gasteiger charge is 2.60. The maximum absolute atomic E-state index is 13.6. The minimum atomic E-state index is -0.940. The van der Waals surface area contributed by atoms with E-state index in [1.807, 2.05) is 49.4 Å². The Bertz CT molecular complexity index is 1210. The number of ether oxygens (including phenoxy) is 1. The van der Waals surface area contributed by atoms with Crippen molar-refractivity contribution in [2.24, 2.45) is 5.92 Å². The molecular weight excluding hydrogens is 420 g/mol. The molecule has 0 N–H and O–H groups in total. The van der Waals surface area contributed by atoms with Crippen LogP contribution in [0.1, 0.15) is 27.5 Å². The molecular formula is C26H22N2O5.